The quantitative estimate of drug-likeness (QED) is 0.450. The van der Waals surface area contributed by atoms with Crippen molar-refractivity contribution in [2.45, 2.75) is 51.7 Å². The highest BCUT2D eigenvalue weighted by atomic mass is 19.4. The van der Waals surface area contributed by atoms with Crippen LogP contribution in [0.5, 0.6) is 0 Å². The predicted octanol–water partition coefficient (Wildman–Crippen LogP) is 6.05. The van der Waals surface area contributed by atoms with E-state index < -0.39 is 11.7 Å². The predicted molar refractivity (Wildman–Crippen MR) is 136 cm³/mol. The van der Waals surface area contributed by atoms with Crippen molar-refractivity contribution in [2.24, 2.45) is 0 Å². The van der Waals surface area contributed by atoms with E-state index in [4.69, 9.17) is 4.98 Å². The van der Waals surface area contributed by atoms with E-state index in [-0.39, 0.29) is 6.04 Å². The molecule has 1 aromatic carbocycles. The molecule has 2 bridgehead atoms. The van der Waals surface area contributed by atoms with Crippen molar-refractivity contribution in [3.05, 3.63) is 71.9 Å². The number of piperidine rings is 1. The molecule has 0 unspecified atom stereocenters. The summed E-state index contributed by atoms with van der Waals surface area (Å²) in [5.41, 5.74) is 2.13. The van der Waals surface area contributed by atoms with Crippen LogP contribution in [0.2, 0.25) is 0 Å². The van der Waals surface area contributed by atoms with Gasteiger partial charge in [0, 0.05) is 42.9 Å². The van der Waals surface area contributed by atoms with E-state index in [0.29, 0.717) is 28.7 Å². The van der Waals surface area contributed by atoms with Crippen molar-refractivity contribution in [2.75, 3.05) is 28.2 Å². The smallest absolute Gasteiger partial charge is 0.368 e. The Morgan fingerprint density at radius 2 is 1.81 bits per heavy atom. The van der Waals surface area contributed by atoms with Gasteiger partial charge in [-0.25, -0.2) is 15.0 Å². The van der Waals surface area contributed by atoms with Crippen LogP contribution in [0.4, 0.5) is 30.5 Å². The molecule has 2 aromatic heterocycles. The van der Waals surface area contributed by atoms with E-state index in [1.54, 1.807) is 12.1 Å². The summed E-state index contributed by atoms with van der Waals surface area (Å²) in [4.78, 5) is 18.5. The van der Waals surface area contributed by atoms with Crippen LogP contribution >= 0.6 is 0 Å². The van der Waals surface area contributed by atoms with Crippen LogP contribution in [-0.2, 0) is 19.0 Å². The summed E-state index contributed by atoms with van der Waals surface area (Å²) < 4.78 is 40.0. The van der Waals surface area contributed by atoms with Gasteiger partial charge in [-0.1, -0.05) is 32.6 Å². The van der Waals surface area contributed by atoms with Gasteiger partial charge in [0.15, 0.2) is 5.82 Å². The number of hydrogen-bond donors (Lipinski definition) is 1. The monoisotopic (exact) mass is 494 g/mol. The Labute approximate surface area is 208 Å². The third kappa shape index (κ3) is 4.62. The first kappa shape index (κ1) is 24.1. The summed E-state index contributed by atoms with van der Waals surface area (Å²) >= 11 is 0. The standard InChI is InChI=1S/C27H29F3N6/c1-4-20-16-25(34-24(5-2)32-20)31-17(3)36-21-11-13-35(14-12-21)23-10-9-22(33-26(23)36)18-7-6-8-19(15-18)27(28,29)30/h6-10,15-16,21H,3-5,11-14H2,1-2H3,(H,31,32,34). The minimum absolute atomic E-state index is 0.171. The molecule has 0 radical (unpaired) electrons. The topological polar surface area (TPSA) is 57.2 Å². The highest BCUT2D eigenvalue weighted by molar-refractivity contribution is 5.77. The number of halogens is 3. The fraction of sp³-hybridized carbons (Fsp3) is 0.370. The van der Waals surface area contributed by atoms with Gasteiger partial charge in [0.05, 0.1) is 16.9 Å². The van der Waals surface area contributed by atoms with E-state index in [0.717, 1.165) is 68.1 Å². The molecule has 6 nitrogen and oxygen atoms in total. The molecule has 188 valence electrons. The van der Waals surface area contributed by atoms with Crippen LogP contribution in [-0.4, -0.2) is 34.1 Å². The number of fused-ring (bicyclic) bond motifs is 2. The van der Waals surface area contributed by atoms with Crippen LogP contribution in [0.3, 0.4) is 0 Å². The van der Waals surface area contributed by atoms with E-state index in [2.05, 4.69) is 38.6 Å². The minimum Gasteiger partial charge on any atom is -0.368 e. The number of pyridine rings is 1. The maximum absolute atomic E-state index is 13.3. The largest absolute Gasteiger partial charge is 0.416 e. The van der Waals surface area contributed by atoms with Gasteiger partial charge in [-0.05, 0) is 43.5 Å². The van der Waals surface area contributed by atoms with E-state index in [9.17, 15) is 13.2 Å². The lowest BCUT2D eigenvalue weighted by atomic mass is 10.1. The molecule has 3 aliphatic heterocycles. The molecule has 1 fully saturated rings. The molecule has 5 heterocycles. The van der Waals surface area contributed by atoms with Crippen LogP contribution in [0.25, 0.3) is 11.3 Å². The van der Waals surface area contributed by atoms with Gasteiger partial charge < -0.3 is 15.1 Å². The van der Waals surface area contributed by atoms with Crippen LogP contribution < -0.4 is 15.1 Å². The maximum atomic E-state index is 13.3. The number of anilines is 3. The molecule has 0 saturated carbocycles. The fourth-order valence-electron chi connectivity index (χ4n) is 4.93. The first-order valence-corrected chi connectivity index (χ1v) is 12.3. The van der Waals surface area contributed by atoms with Gasteiger partial charge in [-0.3, -0.25) is 0 Å². The molecule has 3 aromatic rings. The number of rotatable bonds is 6. The second-order valence-electron chi connectivity index (χ2n) is 9.15. The van der Waals surface area contributed by atoms with E-state index in [1.807, 2.05) is 19.1 Å². The summed E-state index contributed by atoms with van der Waals surface area (Å²) in [6.45, 7) is 10.2. The van der Waals surface area contributed by atoms with Crippen molar-refractivity contribution in [1.29, 1.82) is 0 Å². The number of nitrogens with zero attached hydrogens (tertiary/aromatic N) is 5. The average Bonchev–Trinajstić information content (AvgIpc) is 3.13. The number of aromatic nitrogens is 3. The number of hydrogen-bond acceptors (Lipinski definition) is 6. The number of alkyl halides is 3. The van der Waals surface area contributed by atoms with Gasteiger partial charge in [0.1, 0.15) is 17.5 Å². The maximum Gasteiger partial charge on any atom is 0.416 e. The molecule has 1 saturated heterocycles. The number of aryl methyl sites for hydroxylation is 2. The zero-order chi connectivity index (χ0) is 25.4. The van der Waals surface area contributed by atoms with Crippen LogP contribution in [0.1, 0.15) is 43.8 Å². The summed E-state index contributed by atoms with van der Waals surface area (Å²) in [5, 5.41) is 3.37. The van der Waals surface area contributed by atoms with Gasteiger partial charge in [0.25, 0.3) is 0 Å². The Morgan fingerprint density at radius 3 is 2.50 bits per heavy atom. The molecule has 0 spiro atoms. The summed E-state index contributed by atoms with van der Waals surface area (Å²) in [5.74, 6) is 2.78. The highest BCUT2D eigenvalue weighted by Crippen LogP contribution is 2.41. The molecular formula is C27H29F3N6. The first-order chi connectivity index (χ1) is 17.3. The zero-order valence-electron chi connectivity index (χ0n) is 20.4. The summed E-state index contributed by atoms with van der Waals surface area (Å²) in [6.07, 6.45) is -1.03. The number of nitrogens with one attached hydrogen (secondary N) is 1. The second kappa shape index (κ2) is 9.44. The van der Waals surface area contributed by atoms with E-state index >= 15 is 0 Å². The lowest BCUT2D eigenvalue weighted by molar-refractivity contribution is -0.137. The zero-order valence-corrected chi connectivity index (χ0v) is 20.4. The molecular weight excluding hydrogens is 465 g/mol. The van der Waals surface area contributed by atoms with Gasteiger partial charge in [0.2, 0.25) is 0 Å². The van der Waals surface area contributed by atoms with Gasteiger partial charge in [-0.2, -0.15) is 13.2 Å². The molecule has 1 N–H and O–H groups in total. The van der Waals surface area contributed by atoms with Crippen molar-refractivity contribution < 1.29 is 13.2 Å². The van der Waals surface area contributed by atoms with Crippen LogP contribution in [0, 0.1) is 0 Å². The lowest BCUT2D eigenvalue weighted by Gasteiger charge is -2.34. The molecule has 0 amide bonds. The Hall–Kier alpha value is -3.62. The lowest BCUT2D eigenvalue weighted by Crippen LogP contribution is -2.41. The second-order valence-corrected chi connectivity index (χ2v) is 9.15. The summed E-state index contributed by atoms with van der Waals surface area (Å²) in [6, 6.07) is 11.2. The highest BCUT2D eigenvalue weighted by Gasteiger charge is 2.36. The van der Waals surface area contributed by atoms with Crippen molar-refractivity contribution in [3.8, 4) is 11.3 Å². The normalized spacial score (nSPS) is 15.6. The van der Waals surface area contributed by atoms with Gasteiger partial charge in [-0.15, -0.1) is 0 Å². The molecule has 9 heteroatoms. The third-order valence-corrected chi connectivity index (χ3v) is 6.81. The Kier molecular flexibility index (Phi) is 6.32. The van der Waals surface area contributed by atoms with Crippen molar-refractivity contribution >= 4 is 17.3 Å². The first-order valence-electron chi connectivity index (χ1n) is 12.3. The summed E-state index contributed by atoms with van der Waals surface area (Å²) in [7, 11) is 0. The number of benzene rings is 1. The molecule has 36 heavy (non-hydrogen) atoms. The SMILES string of the molecule is C=C(Nc1cc(CC)nc(CC)n1)N1c2nc(-c3cccc(C(F)(F)F)c3)ccc2N2CCC1CC2. The average molecular weight is 495 g/mol. The minimum atomic E-state index is -4.41. The van der Waals surface area contributed by atoms with E-state index in [1.165, 1.54) is 6.07 Å². The fourth-order valence-corrected chi connectivity index (χ4v) is 4.93. The molecule has 0 atom stereocenters. The van der Waals surface area contributed by atoms with Gasteiger partial charge >= 0.3 is 6.18 Å². The Bertz CT molecular complexity index is 1260. The molecule has 0 aliphatic carbocycles. The van der Waals surface area contributed by atoms with Crippen LogP contribution in [0.15, 0.2) is 54.9 Å². The van der Waals surface area contributed by atoms with Crippen molar-refractivity contribution in [1.82, 2.24) is 15.0 Å². The Balaban J connectivity index is 1.54. The third-order valence-electron chi connectivity index (χ3n) is 6.81. The van der Waals surface area contributed by atoms with Crippen molar-refractivity contribution in [3.63, 3.8) is 0 Å². The molecule has 6 rings (SSSR count). The Morgan fingerprint density at radius 1 is 1.03 bits per heavy atom. The molecule has 3 aliphatic rings.